The van der Waals surface area contributed by atoms with Gasteiger partial charge in [0.1, 0.15) is 0 Å². The number of thioether (sulfide) groups is 1. The van der Waals surface area contributed by atoms with Crippen molar-refractivity contribution in [3.63, 3.8) is 0 Å². The molecule has 2 N–H and O–H groups in total. The maximum absolute atomic E-state index is 11.7. The van der Waals surface area contributed by atoms with Crippen LogP contribution in [0.5, 0.6) is 0 Å². The summed E-state index contributed by atoms with van der Waals surface area (Å²) in [5.41, 5.74) is 1.60. The van der Waals surface area contributed by atoms with Gasteiger partial charge in [-0.1, -0.05) is 24.6 Å². The van der Waals surface area contributed by atoms with E-state index in [9.17, 15) is 9.90 Å². The molecule has 0 aliphatic heterocycles. The molecule has 18 heavy (non-hydrogen) atoms. The van der Waals surface area contributed by atoms with Gasteiger partial charge in [0.15, 0.2) is 0 Å². The van der Waals surface area contributed by atoms with Gasteiger partial charge in [-0.2, -0.15) is 0 Å². The van der Waals surface area contributed by atoms with Gasteiger partial charge in [-0.15, -0.1) is 11.8 Å². The van der Waals surface area contributed by atoms with Gasteiger partial charge in [-0.05, 0) is 31.5 Å². The van der Waals surface area contributed by atoms with Crippen LogP contribution in [0.25, 0.3) is 0 Å². The minimum Gasteiger partial charge on any atom is -0.392 e. The summed E-state index contributed by atoms with van der Waals surface area (Å²) in [5, 5.41) is 12.8. The molecule has 0 aromatic heterocycles. The molecule has 0 bridgehead atoms. The quantitative estimate of drug-likeness (QED) is 0.875. The zero-order valence-corrected chi connectivity index (χ0v) is 12.3. The van der Waals surface area contributed by atoms with Crippen LogP contribution in [-0.4, -0.2) is 28.1 Å². The molecule has 0 aliphatic carbocycles. The van der Waals surface area contributed by atoms with Crippen LogP contribution in [0.2, 0.25) is 5.02 Å². The standard InChI is InChI=1S/C13H18ClNO2S/c1-8-11(14)5-4-6-12(8)15-13(17)7-18-10(3)9(2)16/h4-6,9-10,16H,7H2,1-3H3,(H,15,17). The molecule has 2 unspecified atom stereocenters. The summed E-state index contributed by atoms with van der Waals surface area (Å²) in [6.07, 6.45) is -0.421. The van der Waals surface area contributed by atoms with Crippen molar-refractivity contribution in [1.29, 1.82) is 0 Å². The second-order valence-corrected chi connectivity index (χ2v) is 5.99. The van der Waals surface area contributed by atoms with Crippen LogP contribution in [0, 0.1) is 6.92 Å². The maximum Gasteiger partial charge on any atom is 0.234 e. The third kappa shape index (κ3) is 4.52. The zero-order valence-electron chi connectivity index (χ0n) is 10.7. The summed E-state index contributed by atoms with van der Waals surface area (Å²) in [7, 11) is 0. The van der Waals surface area contributed by atoms with Crippen molar-refractivity contribution in [2.24, 2.45) is 0 Å². The van der Waals surface area contributed by atoms with E-state index in [4.69, 9.17) is 11.6 Å². The number of carbonyl (C=O) groups excluding carboxylic acids is 1. The molecule has 0 aliphatic rings. The van der Waals surface area contributed by atoms with Gasteiger partial charge in [-0.25, -0.2) is 0 Å². The second-order valence-electron chi connectivity index (χ2n) is 4.22. The van der Waals surface area contributed by atoms with Crippen molar-refractivity contribution >= 4 is 35.0 Å². The third-order valence-electron chi connectivity index (χ3n) is 2.70. The van der Waals surface area contributed by atoms with Gasteiger partial charge in [0.2, 0.25) is 5.91 Å². The van der Waals surface area contributed by atoms with Crippen molar-refractivity contribution in [1.82, 2.24) is 0 Å². The highest BCUT2D eigenvalue weighted by Crippen LogP contribution is 2.23. The van der Waals surface area contributed by atoms with E-state index in [0.717, 1.165) is 11.3 Å². The van der Waals surface area contributed by atoms with Crippen LogP contribution >= 0.6 is 23.4 Å². The molecule has 1 rings (SSSR count). The summed E-state index contributed by atoms with van der Waals surface area (Å²) < 4.78 is 0. The smallest absolute Gasteiger partial charge is 0.234 e. The highest BCUT2D eigenvalue weighted by atomic mass is 35.5. The molecule has 1 aromatic carbocycles. The van der Waals surface area contributed by atoms with E-state index in [1.54, 1.807) is 19.1 Å². The molecule has 100 valence electrons. The second kappa shape index (κ2) is 7.02. The molecule has 0 spiro atoms. The van der Waals surface area contributed by atoms with E-state index in [-0.39, 0.29) is 11.2 Å². The number of hydrogen-bond donors (Lipinski definition) is 2. The van der Waals surface area contributed by atoms with Gasteiger partial charge in [0.05, 0.1) is 11.9 Å². The minimum absolute atomic E-state index is 0.0382. The topological polar surface area (TPSA) is 49.3 Å². The molecule has 0 fully saturated rings. The Kier molecular flexibility index (Phi) is 5.99. The number of carbonyl (C=O) groups is 1. The molecular formula is C13H18ClNO2S. The van der Waals surface area contributed by atoms with Crippen LogP contribution in [-0.2, 0) is 4.79 Å². The zero-order chi connectivity index (χ0) is 13.7. The molecule has 3 nitrogen and oxygen atoms in total. The Morgan fingerprint density at radius 3 is 2.78 bits per heavy atom. The van der Waals surface area contributed by atoms with Crippen molar-refractivity contribution in [2.45, 2.75) is 32.1 Å². The van der Waals surface area contributed by atoms with E-state index >= 15 is 0 Å². The summed E-state index contributed by atoms with van der Waals surface area (Å²) in [6, 6.07) is 5.41. The van der Waals surface area contributed by atoms with Crippen molar-refractivity contribution in [2.75, 3.05) is 11.1 Å². The SMILES string of the molecule is Cc1c(Cl)cccc1NC(=O)CSC(C)C(C)O. The van der Waals surface area contributed by atoms with Crippen LogP contribution in [0.1, 0.15) is 19.4 Å². The van der Waals surface area contributed by atoms with Gasteiger partial charge in [-0.3, -0.25) is 4.79 Å². The van der Waals surface area contributed by atoms with E-state index in [1.165, 1.54) is 11.8 Å². The van der Waals surface area contributed by atoms with Crippen molar-refractivity contribution in [3.8, 4) is 0 Å². The van der Waals surface area contributed by atoms with E-state index < -0.39 is 6.10 Å². The van der Waals surface area contributed by atoms with Crippen LogP contribution in [0.15, 0.2) is 18.2 Å². The van der Waals surface area contributed by atoms with Gasteiger partial charge < -0.3 is 10.4 Å². The van der Waals surface area contributed by atoms with Gasteiger partial charge in [0.25, 0.3) is 0 Å². The first-order valence-electron chi connectivity index (χ1n) is 5.76. The Hall–Kier alpha value is -0.710. The number of aliphatic hydroxyl groups is 1. The number of anilines is 1. The Bertz CT molecular complexity index is 423. The Labute approximate surface area is 117 Å². The van der Waals surface area contributed by atoms with E-state index in [2.05, 4.69) is 5.32 Å². The lowest BCUT2D eigenvalue weighted by molar-refractivity contribution is -0.113. The average Bonchev–Trinajstić information content (AvgIpc) is 2.32. The monoisotopic (exact) mass is 287 g/mol. The van der Waals surface area contributed by atoms with Gasteiger partial charge in [0, 0.05) is 16.0 Å². The number of hydrogen-bond acceptors (Lipinski definition) is 3. The fourth-order valence-electron chi connectivity index (χ4n) is 1.28. The number of nitrogens with one attached hydrogen (secondary N) is 1. The third-order valence-corrected chi connectivity index (χ3v) is 4.46. The Balaban J connectivity index is 2.52. The predicted octanol–water partition coefficient (Wildman–Crippen LogP) is 3.09. The fraction of sp³-hybridized carbons (Fsp3) is 0.462. The number of benzene rings is 1. The number of amides is 1. The first-order chi connectivity index (χ1) is 8.41. The van der Waals surface area contributed by atoms with Crippen LogP contribution in [0.4, 0.5) is 5.69 Å². The first kappa shape index (κ1) is 15.3. The fourth-order valence-corrected chi connectivity index (χ4v) is 2.22. The summed E-state index contributed by atoms with van der Waals surface area (Å²) in [4.78, 5) is 11.7. The maximum atomic E-state index is 11.7. The molecular weight excluding hydrogens is 270 g/mol. The molecule has 0 saturated heterocycles. The minimum atomic E-state index is -0.421. The summed E-state index contributed by atoms with van der Waals surface area (Å²) >= 11 is 7.40. The summed E-state index contributed by atoms with van der Waals surface area (Å²) in [5.74, 6) is 0.232. The Morgan fingerprint density at radius 1 is 1.50 bits per heavy atom. The normalized spacial score (nSPS) is 14.1. The Morgan fingerprint density at radius 2 is 2.17 bits per heavy atom. The highest BCUT2D eigenvalue weighted by Gasteiger charge is 2.12. The largest absolute Gasteiger partial charge is 0.392 e. The van der Waals surface area contributed by atoms with E-state index in [0.29, 0.717) is 10.8 Å². The lowest BCUT2D eigenvalue weighted by atomic mass is 10.2. The molecule has 5 heteroatoms. The summed E-state index contributed by atoms with van der Waals surface area (Å²) in [6.45, 7) is 5.48. The molecule has 0 saturated carbocycles. The first-order valence-corrected chi connectivity index (χ1v) is 7.19. The number of rotatable bonds is 5. The van der Waals surface area contributed by atoms with Gasteiger partial charge >= 0.3 is 0 Å². The van der Waals surface area contributed by atoms with E-state index in [1.807, 2.05) is 19.9 Å². The molecule has 0 heterocycles. The van der Waals surface area contributed by atoms with Crippen LogP contribution in [0.3, 0.4) is 0 Å². The molecule has 2 atom stereocenters. The number of halogens is 1. The van der Waals surface area contributed by atoms with Crippen molar-refractivity contribution in [3.05, 3.63) is 28.8 Å². The lowest BCUT2D eigenvalue weighted by Gasteiger charge is -2.14. The number of aliphatic hydroxyl groups excluding tert-OH is 1. The highest BCUT2D eigenvalue weighted by molar-refractivity contribution is 8.00. The predicted molar refractivity (Wildman–Crippen MR) is 78.4 cm³/mol. The molecule has 1 aromatic rings. The lowest BCUT2D eigenvalue weighted by Crippen LogP contribution is -2.21. The van der Waals surface area contributed by atoms with Crippen molar-refractivity contribution < 1.29 is 9.90 Å². The molecule has 0 radical (unpaired) electrons. The van der Waals surface area contributed by atoms with Crippen LogP contribution < -0.4 is 5.32 Å². The molecule has 1 amide bonds. The average molecular weight is 288 g/mol.